The molecule has 0 radical (unpaired) electrons. The van der Waals surface area contributed by atoms with Gasteiger partial charge in [-0.25, -0.2) is 9.97 Å². The number of carbonyl (C=O) groups excluding carboxylic acids is 1. The highest BCUT2D eigenvalue weighted by molar-refractivity contribution is 6.03. The van der Waals surface area contributed by atoms with Crippen molar-refractivity contribution in [3.63, 3.8) is 0 Å². The summed E-state index contributed by atoms with van der Waals surface area (Å²) in [5.74, 6) is 1.74. The molecule has 0 aliphatic carbocycles. The maximum absolute atomic E-state index is 12.6. The van der Waals surface area contributed by atoms with Gasteiger partial charge in [-0.15, -0.1) is 0 Å². The van der Waals surface area contributed by atoms with Crippen molar-refractivity contribution in [3.8, 4) is 17.0 Å². The number of methoxy groups -OCH3 is 1. The van der Waals surface area contributed by atoms with E-state index in [1.54, 1.807) is 13.2 Å². The Balaban J connectivity index is 1.47. The average Bonchev–Trinajstić information content (AvgIpc) is 3.25. The fourth-order valence-electron chi connectivity index (χ4n) is 3.26. The molecule has 144 valence electrons. The molecule has 1 aromatic carbocycles. The van der Waals surface area contributed by atoms with E-state index in [1.165, 1.54) is 12.7 Å². The van der Waals surface area contributed by atoms with Gasteiger partial charge in [0.2, 0.25) is 0 Å². The molecule has 0 saturated carbocycles. The summed E-state index contributed by atoms with van der Waals surface area (Å²) in [6.07, 6.45) is 5.05. The van der Waals surface area contributed by atoms with Crippen molar-refractivity contribution in [1.82, 2.24) is 20.2 Å². The summed E-state index contributed by atoms with van der Waals surface area (Å²) in [6.45, 7) is 1.96. The molecular weight excluding hydrogens is 356 g/mol. The summed E-state index contributed by atoms with van der Waals surface area (Å²) < 4.78 is 5.24. The number of nitrogens with one attached hydrogen (secondary N) is 2. The van der Waals surface area contributed by atoms with Gasteiger partial charge in [-0.3, -0.25) is 9.89 Å². The first kappa shape index (κ1) is 18.0. The van der Waals surface area contributed by atoms with E-state index in [0.29, 0.717) is 17.2 Å². The lowest BCUT2D eigenvalue weighted by molar-refractivity contribution is 0.102. The van der Waals surface area contributed by atoms with Crippen molar-refractivity contribution in [2.24, 2.45) is 0 Å². The number of aromatic nitrogens is 4. The third kappa shape index (κ3) is 3.95. The number of carbonyl (C=O) groups is 1. The van der Waals surface area contributed by atoms with Crippen LogP contribution >= 0.6 is 0 Å². The van der Waals surface area contributed by atoms with Gasteiger partial charge in [0.15, 0.2) is 0 Å². The standard InChI is InChI=1S/C20H22N6O2/c1-28-15-7-5-6-14(10-15)16-11-17(25-24-16)20(27)23-18-12-19(22-13-21-18)26-8-3-2-4-9-26/h5-7,10-13H,2-4,8-9H2,1H3,(H,24,25)(H,21,22,23,27). The quantitative estimate of drug-likeness (QED) is 0.708. The molecule has 1 aliphatic heterocycles. The minimum absolute atomic E-state index is 0.301. The molecule has 8 nitrogen and oxygen atoms in total. The molecule has 1 saturated heterocycles. The number of H-pyrrole nitrogens is 1. The predicted octanol–water partition coefficient (Wildman–Crippen LogP) is 3.12. The number of piperidine rings is 1. The van der Waals surface area contributed by atoms with Crippen molar-refractivity contribution < 1.29 is 9.53 Å². The second kappa shape index (κ2) is 8.08. The van der Waals surface area contributed by atoms with E-state index in [1.807, 2.05) is 30.3 Å². The summed E-state index contributed by atoms with van der Waals surface area (Å²) in [5, 5.41) is 9.83. The van der Waals surface area contributed by atoms with Crippen LogP contribution < -0.4 is 15.0 Å². The first-order valence-electron chi connectivity index (χ1n) is 9.31. The first-order valence-corrected chi connectivity index (χ1v) is 9.31. The molecule has 3 aromatic rings. The van der Waals surface area contributed by atoms with Crippen LogP contribution in [0.5, 0.6) is 5.75 Å². The SMILES string of the molecule is COc1cccc(-c2cc(C(=O)Nc3cc(N4CCCCC4)ncn3)[nH]n2)c1. The van der Waals surface area contributed by atoms with Crippen LogP contribution in [0.15, 0.2) is 42.7 Å². The minimum atomic E-state index is -0.301. The van der Waals surface area contributed by atoms with E-state index < -0.39 is 0 Å². The zero-order chi connectivity index (χ0) is 19.3. The monoisotopic (exact) mass is 378 g/mol. The number of benzene rings is 1. The van der Waals surface area contributed by atoms with E-state index in [9.17, 15) is 4.79 Å². The molecular formula is C20H22N6O2. The number of ether oxygens (including phenoxy) is 1. The Bertz CT molecular complexity index is 965. The number of amides is 1. The normalized spacial score (nSPS) is 14.0. The molecule has 8 heteroatoms. The third-order valence-electron chi connectivity index (χ3n) is 4.76. The molecule has 28 heavy (non-hydrogen) atoms. The lowest BCUT2D eigenvalue weighted by Gasteiger charge is -2.27. The lowest BCUT2D eigenvalue weighted by Crippen LogP contribution is -2.30. The Hall–Kier alpha value is -3.42. The van der Waals surface area contributed by atoms with Crippen LogP contribution in [0.4, 0.5) is 11.6 Å². The molecule has 0 unspecified atom stereocenters. The molecule has 0 spiro atoms. The summed E-state index contributed by atoms with van der Waals surface area (Å²) in [5.41, 5.74) is 1.89. The number of hydrogen-bond donors (Lipinski definition) is 2. The van der Waals surface area contributed by atoms with Gasteiger partial charge in [0, 0.05) is 24.7 Å². The van der Waals surface area contributed by atoms with Crippen LogP contribution in [0.1, 0.15) is 29.8 Å². The largest absolute Gasteiger partial charge is 0.497 e. The van der Waals surface area contributed by atoms with Crippen LogP contribution in [0.3, 0.4) is 0 Å². The van der Waals surface area contributed by atoms with Crippen LogP contribution in [-0.2, 0) is 0 Å². The van der Waals surface area contributed by atoms with Crippen molar-refractivity contribution in [2.45, 2.75) is 19.3 Å². The fraction of sp³-hybridized carbons (Fsp3) is 0.300. The van der Waals surface area contributed by atoms with Gasteiger partial charge in [-0.2, -0.15) is 5.10 Å². The minimum Gasteiger partial charge on any atom is -0.497 e. The van der Waals surface area contributed by atoms with Gasteiger partial charge in [0.05, 0.1) is 12.8 Å². The average molecular weight is 378 g/mol. The second-order valence-corrected chi connectivity index (χ2v) is 6.66. The van der Waals surface area contributed by atoms with E-state index in [4.69, 9.17) is 4.74 Å². The molecule has 2 aromatic heterocycles. The van der Waals surface area contributed by atoms with Gasteiger partial charge in [-0.05, 0) is 37.5 Å². The van der Waals surface area contributed by atoms with Crippen molar-refractivity contribution >= 4 is 17.5 Å². The molecule has 2 N–H and O–H groups in total. The number of rotatable bonds is 5. The summed E-state index contributed by atoms with van der Waals surface area (Å²) in [7, 11) is 1.61. The number of hydrogen-bond acceptors (Lipinski definition) is 6. The fourth-order valence-corrected chi connectivity index (χ4v) is 3.26. The van der Waals surface area contributed by atoms with E-state index in [2.05, 4.69) is 30.4 Å². The molecule has 4 rings (SSSR count). The van der Waals surface area contributed by atoms with Crippen molar-refractivity contribution in [1.29, 1.82) is 0 Å². The Labute approximate surface area is 163 Å². The number of anilines is 2. The maximum atomic E-state index is 12.6. The second-order valence-electron chi connectivity index (χ2n) is 6.66. The third-order valence-corrected chi connectivity index (χ3v) is 4.76. The topological polar surface area (TPSA) is 96.0 Å². The van der Waals surface area contributed by atoms with Gasteiger partial charge >= 0.3 is 0 Å². The number of aromatic amines is 1. The van der Waals surface area contributed by atoms with Gasteiger partial charge in [0.1, 0.15) is 29.4 Å². The summed E-state index contributed by atoms with van der Waals surface area (Å²) >= 11 is 0. The van der Waals surface area contributed by atoms with Gasteiger partial charge in [0.25, 0.3) is 5.91 Å². The highest BCUT2D eigenvalue weighted by Crippen LogP contribution is 2.23. The smallest absolute Gasteiger partial charge is 0.274 e. The Kier molecular flexibility index (Phi) is 5.18. The molecule has 1 amide bonds. The highest BCUT2D eigenvalue weighted by Gasteiger charge is 2.15. The summed E-state index contributed by atoms with van der Waals surface area (Å²) in [6, 6.07) is 11.0. The highest BCUT2D eigenvalue weighted by atomic mass is 16.5. The van der Waals surface area contributed by atoms with Crippen LogP contribution in [-0.4, -0.2) is 46.3 Å². The Morgan fingerprint density at radius 3 is 2.82 bits per heavy atom. The zero-order valence-corrected chi connectivity index (χ0v) is 15.7. The van der Waals surface area contributed by atoms with Crippen LogP contribution in [0.2, 0.25) is 0 Å². The molecule has 1 aliphatic rings. The van der Waals surface area contributed by atoms with Crippen molar-refractivity contribution in [2.75, 3.05) is 30.4 Å². The van der Waals surface area contributed by atoms with E-state index in [0.717, 1.165) is 43.1 Å². The molecule has 0 bridgehead atoms. The van der Waals surface area contributed by atoms with Gasteiger partial charge < -0.3 is 15.0 Å². The molecule has 0 atom stereocenters. The van der Waals surface area contributed by atoms with Gasteiger partial charge in [-0.1, -0.05) is 12.1 Å². The maximum Gasteiger partial charge on any atom is 0.274 e. The van der Waals surface area contributed by atoms with E-state index in [-0.39, 0.29) is 5.91 Å². The predicted molar refractivity (Wildman–Crippen MR) is 107 cm³/mol. The lowest BCUT2D eigenvalue weighted by atomic mass is 10.1. The first-order chi connectivity index (χ1) is 13.7. The Morgan fingerprint density at radius 1 is 1.14 bits per heavy atom. The number of nitrogens with zero attached hydrogens (tertiary/aromatic N) is 4. The van der Waals surface area contributed by atoms with Crippen LogP contribution in [0, 0.1) is 0 Å². The molecule has 3 heterocycles. The zero-order valence-electron chi connectivity index (χ0n) is 15.7. The Morgan fingerprint density at radius 2 is 2.00 bits per heavy atom. The van der Waals surface area contributed by atoms with Crippen LogP contribution in [0.25, 0.3) is 11.3 Å². The summed E-state index contributed by atoms with van der Waals surface area (Å²) in [4.78, 5) is 23.3. The molecule has 1 fully saturated rings. The van der Waals surface area contributed by atoms with Crippen molar-refractivity contribution in [3.05, 3.63) is 48.4 Å². The van der Waals surface area contributed by atoms with E-state index >= 15 is 0 Å².